The number of nitrogens with one attached hydrogen (secondary N) is 1. The zero-order valence-electron chi connectivity index (χ0n) is 13.3. The van der Waals surface area contributed by atoms with Gasteiger partial charge < -0.3 is 4.90 Å². The number of piperidine rings is 1. The van der Waals surface area contributed by atoms with E-state index in [0.717, 1.165) is 50.0 Å². The molecule has 0 aromatic carbocycles. The summed E-state index contributed by atoms with van der Waals surface area (Å²) in [5, 5.41) is 11.9. The van der Waals surface area contributed by atoms with Crippen molar-refractivity contribution in [1.82, 2.24) is 15.1 Å². The Morgan fingerprint density at radius 1 is 1.32 bits per heavy atom. The van der Waals surface area contributed by atoms with E-state index in [0.29, 0.717) is 11.7 Å². The highest BCUT2D eigenvalue weighted by atomic mass is 32.1. The van der Waals surface area contributed by atoms with Gasteiger partial charge in [0.2, 0.25) is 5.13 Å². The maximum Gasteiger partial charge on any atom is 0.315 e. The van der Waals surface area contributed by atoms with E-state index in [4.69, 9.17) is 0 Å². The number of aryl methyl sites for hydroxylation is 1. The van der Waals surface area contributed by atoms with Crippen LogP contribution in [0.2, 0.25) is 0 Å². The van der Waals surface area contributed by atoms with Crippen LogP contribution in [0.25, 0.3) is 0 Å². The number of hydrogen-bond acceptors (Lipinski definition) is 5. The number of carbonyl (C=O) groups is 2. The average Bonchev–Trinajstić information content (AvgIpc) is 2.99. The summed E-state index contributed by atoms with van der Waals surface area (Å²) in [6.07, 6.45) is 6.97. The molecule has 0 saturated carbocycles. The molecule has 6 nitrogen and oxygen atoms in total. The molecule has 122 valence electrons. The van der Waals surface area contributed by atoms with E-state index in [9.17, 15) is 9.59 Å². The van der Waals surface area contributed by atoms with E-state index in [1.165, 1.54) is 11.3 Å². The standard InChI is InChI=1S/C15H24N4O2S/c1-3-5-9-12-17-18-15(22-12)16-13(20)14(21)19-10-7-6-8-11(19)4-2/h11H,3-10H2,1-2H3,(H,16,18,20)/t11-/m1/s1. The first kappa shape index (κ1) is 16.9. The smallest absolute Gasteiger partial charge is 0.315 e. The summed E-state index contributed by atoms with van der Waals surface area (Å²) in [6, 6.07) is 0.182. The SMILES string of the molecule is CCCCc1nnc(NC(=O)C(=O)N2CCCC[C@H]2CC)s1. The zero-order chi connectivity index (χ0) is 15.9. The number of unbranched alkanes of at least 4 members (excludes halogenated alkanes) is 1. The molecule has 0 bridgehead atoms. The molecule has 1 aliphatic rings. The Bertz CT molecular complexity index is 517. The summed E-state index contributed by atoms with van der Waals surface area (Å²) in [5.74, 6) is -1.05. The molecule has 0 aliphatic carbocycles. The lowest BCUT2D eigenvalue weighted by Crippen LogP contribution is -2.48. The molecule has 1 atom stereocenters. The third-order valence-electron chi connectivity index (χ3n) is 3.98. The Kier molecular flexibility index (Phi) is 6.30. The molecule has 2 rings (SSSR count). The quantitative estimate of drug-likeness (QED) is 0.845. The van der Waals surface area contributed by atoms with Gasteiger partial charge >= 0.3 is 11.8 Å². The monoisotopic (exact) mass is 324 g/mol. The maximum absolute atomic E-state index is 12.3. The van der Waals surface area contributed by atoms with Crippen LogP contribution in [0, 0.1) is 0 Å². The minimum atomic E-state index is -0.599. The number of anilines is 1. The van der Waals surface area contributed by atoms with Gasteiger partial charge in [0.15, 0.2) is 0 Å². The van der Waals surface area contributed by atoms with Gasteiger partial charge in [-0.1, -0.05) is 31.6 Å². The fourth-order valence-corrected chi connectivity index (χ4v) is 3.48. The number of carbonyl (C=O) groups excluding carboxylic acids is 2. The normalized spacial score (nSPS) is 18.3. The molecular formula is C15H24N4O2S. The van der Waals surface area contributed by atoms with Crippen LogP contribution in [0.3, 0.4) is 0 Å². The molecule has 0 radical (unpaired) electrons. The van der Waals surface area contributed by atoms with Gasteiger partial charge in [-0.2, -0.15) is 0 Å². The van der Waals surface area contributed by atoms with Crippen LogP contribution in [0.5, 0.6) is 0 Å². The fraction of sp³-hybridized carbons (Fsp3) is 0.733. The van der Waals surface area contributed by atoms with Crippen molar-refractivity contribution < 1.29 is 9.59 Å². The second-order valence-electron chi connectivity index (χ2n) is 5.62. The highest BCUT2D eigenvalue weighted by molar-refractivity contribution is 7.15. The van der Waals surface area contributed by atoms with Crippen LogP contribution >= 0.6 is 11.3 Å². The Labute approximate surface area is 135 Å². The fourth-order valence-electron chi connectivity index (χ4n) is 2.71. The Hall–Kier alpha value is -1.50. The first-order chi connectivity index (χ1) is 10.7. The number of rotatable bonds is 5. The Morgan fingerprint density at radius 3 is 2.86 bits per heavy atom. The van der Waals surface area contributed by atoms with Crippen LogP contribution in [-0.4, -0.2) is 39.5 Å². The van der Waals surface area contributed by atoms with Gasteiger partial charge in [-0.05, 0) is 32.1 Å². The highest BCUT2D eigenvalue weighted by Crippen LogP contribution is 2.21. The van der Waals surface area contributed by atoms with Crippen molar-refractivity contribution in [2.75, 3.05) is 11.9 Å². The van der Waals surface area contributed by atoms with E-state index in [1.807, 2.05) is 0 Å². The van der Waals surface area contributed by atoms with E-state index < -0.39 is 11.8 Å². The first-order valence-corrected chi connectivity index (χ1v) is 8.91. The molecule has 0 spiro atoms. The van der Waals surface area contributed by atoms with Crippen molar-refractivity contribution in [2.24, 2.45) is 0 Å². The van der Waals surface area contributed by atoms with E-state index in [-0.39, 0.29) is 6.04 Å². The first-order valence-electron chi connectivity index (χ1n) is 8.10. The predicted molar refractivity (Wildman–Crippen MR) is 86.8 cm³/mol. The lowest BCUT2D eigenvalue weighted by atomic mass is 10.00. The van der Waals surface area contributed by atoms with Crippen molar-refractivity contribution in [3.05, 3.63) is 5.01 Å². The largest absolute Gasteiger partial charge is 0.331 e. The van der Waals surface area contributed by atoms with Gasteiger partial charge in [0.1, 0.15) is 5.01 Å². The van der Waals surface area contributed by atoms with E-state index in [1.54, 1.807) is 4.90 Å². The molecule has 1 aromatic heterocycles. The second kappa shape index (κ2) is 8.22. The maximum atomic E-state index is 12.3. The molecule has 1 aromatic rings. The van der Waals surface area contributed by atoms with Crippen LogP contribution in [0.1, 0.15) is 57.4 Å². The number of hydrogen-bond donors (Lipinski definition) is 1. The van der Waals surface area contributed by atoms with Crippen LogP contribution in [-0.2, 0) is 16.0 Å². The molecule has 1 saturated heterocycles. The summed E-state index contributed by atoms with van der Waals surface area (Å²) >= 11 is 1.35. The van der Waals surface area contributed by atoms with Crippen molar-refractivity contribution in [1.29, 1.82) is 0 Å². The summed E-state index contributed by atoms with van der Waals surface area (Å²) in [5.41, 5.74) is 0. The molecule has 22 heavy (non-hydrogen) atoms. The van der Waals surface area contributed by atoms with Crippen LogP contribution in [0.15, 0.2) is 0 Å². The van der Waals surface area contributed by atoms with Gasteiger partial charge in [-0.15, -0.1) is 10.2 Å². The Balaban J connectivity index is 1.93. The summed E-state index contributed by atoms with van der Waals surface area (Å²) < 4.78 is 0. The summed E-state index contributed by atoms with van der Waals surface area (Å²) in [4.78, 5) is 26.2. The molecule has 7 heteroatoms. The van der Waals surface area contributed by atoms with Gasteiger partial charge in [0.25, 0.3) is 0 Å². The van der Waals surface area contributed by atoms with Gasteiger partial charge in [0, 0.05) is 19.0 Å². The third kappa shape index (κ3) is 4.25. The zero-order valence-corrected chi connectivity index (χ0v) is 14.1. The van der Waals surface area contributed by atoms with E-state index >= 15 is 0 Å². The lowest BCUT2D eigenvalue weighted by Gasteiger charge is -2.34. The Morgan fingerprint density at radius 2 is 2.14 bits per heavy atom. The van der Waals surface area contributed by atoms with Gasteiger partial charge in [-0.25, -0.2) is 0 Å². The summed E-state index contributed by atoms with van der Waals surface area (Å²) in [6.45, 7) is 4.84. The number of nitrogens with zero attached hydrogens (tertiary/aromatic N) is 3. The number of aromatic nitrogens is 2. The topological polar surface area (TPSA) is 75.2 Å². The number of amides is 2. The molecule has 2 amide bonds. The minimum Gasteiger partial charge on any atom is -0.331 e. The highest BCUT2D eigenvalue weighted by Gasteiger charge is 2.30. The molecular weight excluding hydrogens is 300 g/mol. The third-order valence-corrected chi connectivity index (χ3v) is 4.88. The number of likely N-dealkylation sites (tertiary alicyclic amines) is 1. The van der Waals surface area contributed by atoms with Crippen molar-refractivity contribution in [3.63, 3.8) is 0 Å². The van der Waals surface area contributed by atoms with Crippen molar-refractivity contribution >= 4 is 28.3 Å². The summed E-state index contributed by atoms with van der Waals surface area (Å²) in [7, 11) is 0. The van der Waals surface area contributed by atoms with Gasteiger partial charge in [0.05, 0.1) is 0 Å². The van der Waals surface area contributed by atoms with Crippen LogP contribution in [0.4, 0.5) is 5.13 Å². The predicted octanol–water partition coefficient (Wildman–Crippen LogP) is 2.61. The van der Waals surface area contributed by atoms with E-state index in [2.05, 4.69) is 29.4 Å². The van der Waals surface area contributed by atoms with Crippen LogP contribution < -0.4 is 5.32 Å². The molecule has 1 aliphatic heterocycles. The molecule has 0 unspecified atom stereocenters. The van der Waals surface area contributed by atoms with Crippen molar-refractivity contribution in [2.45, 2.75) is 64.8 Å². The van der Waals surface area contributed by atoms with Crippen molar-refractivity contribution in [3.8, 4) is 0 Å². The molecule has 1 fully saturated rings. The average molecular weight is 324 g/mol. The van der Waals surface area contributed by atoms with Gasteiger partial charge in [-0.3, -0.25) is 14.9 Å². The lowest BCUT2D eigenvalue weighted by molar-refractivity contribution is -0.145. The molecule has 2 heterocycles. The molecule has 1 N–H and O–H groups in total. The minimum absolute atomic E-state index is 0.182. The second-order valence-corrected chi connectivity index (χ2v) is 6.68.